The van der Waals surface area contributed by atoms with Gasteiger partial charge in [-0.05, 0) is 35.6 Å². The summed E-state index contributed by atoms with van der Waals surface area (Å²) < 4.78 is 26.9. The summed E-state index contributed by atoms with van der Waals surface area (Å²) in [5.74, 6) is 0. The van der Waals surface area contributed by atoms with Crippen molar-refractivity contribution in [1.29, 1.82) is 0 Å². The second-order valence-corrected chi connectivity index (χ2v) is 7.87. The lowest BCUT2D eigenvalue weighted by atomic mass is 10.1. The molecule has 1 aliphatic heterocycles. The van der Waals surface area contributed by atoms with E-state index in [9.17, 15) is 8.42 Å². The van der Waals surface area contributed by atoms with Gasteiger partial charge >= 0.3 is 0 Å². The fraction of sp³-hybridized carbons (Fsp3) is 0.333. The van der Waals surface area contributed by atoms with Gasteiger partial charge in [0.15, 0.2) is 0 Å². The summed E-state index contributed by atoms with van der Waals surface area (Å²) >= 11 is 1.81. The maximum atomic E-state index is 12.1. The van der Waals surface area contributed by atoms with Gasteiger partial charge in [0, 0.05) is 31.1 Å². The van der Waals surface area contributed by atoms with Gasteiger partial charge in [0.25, 0.3) is 0 Å². The molecular formula is C15H18N2O2S2. The van der Waals surface area contributed by atoms with Crippen molar-refractivity contribution in [2.75, 3.05) is 19.6 Å². The summed E-state index contributed by atoms with van der Waals surface area (Å²) in [7, 11) is -3.39. The van der Waals surface area contributed by atoms with Gasteiger partial charge in [-0.3, -0.25) is 4.90 Å². The van der Waals surface area contributed by atoms with E-state index < -0.39 is 10.0 Å². The number of nitrogens with zero attached hydrogens (tertiary/aromatic N) is 1. The Labute approximate surface area is 129 Å². The van der Waals surface area contributed by atoms with Gasteiger partial charge in [0.1, 0.15) is 0 Å². The monoisotopic (exact) mass is 322 g/mol. The van der Waals surface area contributed by atoms with E-state index in [4.69, 9.17) is 0 Å². The molecule has 1 aliphatic rings. The molecule has 4 nitrogen and oxygen atoms in total. The van der Waals surface area contributed by atoms with Crippen molar-refractivity contribution >= 4 is 21.4 Å². The van der Waals surface area contributed by atoms with E-state index in [2.05, 4.69) is 21.1 Å². The van der Waals surface area contributed by atoms with Crippen LogP contribution in [0.25, 0.3) is 0 Å². The fourth-order valence-electron chi connectivity index (χ4n) is 2.52. The van der Waals surface area contributed by atoms with E-state index in [1.54, 1.807) is 24.3 Å². The van der Waals surface area contributed by atoms with Gasteiger partial charge in [-0.15, -0.1) is 11.3 Å². The van der Waals surface area contributed by atoms with Crippen LogP contribution in [-0.4, -0.2) is 33.0 Å². The Morgan fingerprint density at radius 1 is 1.19 bits per heavy atom. The van der Waals surface area contributed by atoms with E-state index in [1.165, 1.54) is 10.4 Å². The number of rotatable bonds is 5. The minimum atomic E-state index is -3.39. The van der Waals surface area contributed by atoms with Crippen LogP contribution in [-0.2, 0) is 23.0 Å². The lowest BCUT2D eigenvalue weighted by Crippen LogP contribution is -2.37. The van der Waals surface area contributed by atoms with Gasteiger partial charge in [0.2, 0.25) is 10.0 Å². The third-order valence-corrected chi connectivity index (χ3v) is 6.16. The maximum Gasteiger partial charge on any atom is 0.240 e. The van der Waals surface area contributed by atoms with Crippen LogP contribution in [0.2, 0.25) is 0 Å². The highest BCUT2D eigenvalue weighted by Crippen LogP contribution is 2.23. The minimum absolute atomic E-state index is 0.323. The van der Waals surface area contributed by atoms with Crippen LogP contribution >= 0.6 is 11.3 Å². The molecule has 2 heterocycles. The van der Waals surface area contributed by atoms with Crippen molar-refractivity contribution in [3.05, 3.63) is 52.2 Å². The average Bonchev–Trinajstić information content (AvgIpc) is 2.95. The third kappa shape index (κ3) is 3.52. The molecule has 0 spiro atoms. The highest BCUT2D eigenvalue weighted by atomic mass is 32.2. The largest absolute Gasteiger partial charge is 0.297 e. The zero-order valence-corrected chi connectivity index (χ0v) is 13.3. The summed E-state index contributed by atoms with van der Waals surface area (Å²) in [4.78, 5) is 4.09. The molecule has 0 aliphatic carbocycles. The van der Waals surface area contributed by atoms with Gasteiger partial charge in [-0.25, -0.2) is 13.1 Å². The molecule has 0 bridgehead atoms. The van der Waals surface area contributed by atoms with Gasteiger partial charge < -0.3 is 0 Å². The Balaban J connectivity index is 1.53. The molecule has 0 saturated heterocycles. The number of benzene rings is 1. The normalized spacial score (nSPS) is 15.8. The van der Waals surface area contributed by atoms with Crippen molar-refractivity contribution < 1.29 is 8.42 Å². The van der Waals surface area contributed by atoms with E-state index >= 15 is 0 Å². The standard InChI is InChI=1S/C15H18N2O2S2/c18-21(19,14-4-2-1-3-5-14)16-8-10-17-9-6-15-13(12-17)7-11-20-15/h1-5,7,11,16H,6,8-10,12H2. The van der Waals surface area contributed by atoms with Gasteiger partial charge in [0.05, 0.1) is 4.90 Å². The van der Waals surface area contributed by atoms with Gasteiger partial charge in [-0.1, -0.05) is 18.2 Å². The average molecular weight is 322 g/mol. The molecule has 112 valence electrons. The molecule has 1 aromatic carbocycles. The SMILES string of the molecule is O=S(=O)(NCCN1CCc2sccc2C1)c1ccccc1. The van der Waals surface area contributed by atoms with E-state index in [1.807, 2.05) is 17.4 Å². The van der Waals surface area contributed by atoms with Crippen molar-refractivity contribution in [3.8, 4) is 0 Å². The number of fused-ring (bicyclic) bond motifs is 1. The summed E-state index contributed by atoms with van der Waals surface area (Å²) in [6.07, 6.45) is 1.07. The van der Waals surface area contributed by atoms with Crippen LogP contribution in [0.15, 0.2) is 46.7 Å². The predicted octanol–water partition coefficient (Wildman–Crippen LogP) is 2.08. The van der Waals surface area contributed by atoms with Crippen molar-refractivity contribution in [1.82, 2.24) is 9.62 Å². The summed E-state index contributed by atoms with van der Waals surface area (Å²) in [6.45, 7) is 3.10. The summed E-state index contributed by atoms with van der Waals surface area (Å²) in [5.41, 5.74) is 1.39. The molecule has 0 saturated carbocycles. The summed E-state index contributed by atoms with van der Waals surface area (Å²) in [5, 5.41) is 2.13. The highest BCUT2D eigenvalue weighted by Gasteiger charge is 2.18. The molecule has 0 atom stereocenters. The number of hydrogen-bond donors (Lipinski definition) is 1. The first-order valence-corrected chi connectivity index (χ1v) is 9.34. The molecule has 3 rings (SSSR count). The van der Waals surface area contributed by atoms with E-state index in [0.29, 0.717) is 11.4 Å². The molecule has 0 fully saturated rings. The molecule has 0 amide bonds. The van der Waals surface area contributed by atoms with E-state index in [-0.39, 0.29) is 0 Å². The Morgan fingerprint density at radius 2 is 2.00 bits per heavy atom. The first-order valence-electron chi connectivity index (χ1n) is 6.97. The number of nitrogens with one attached hydrogen (secondary N) is 1. The number of hydrogen-bond acceptors (Lipinski definition) is 4. The zero-order valence-electron chi connectivity index (χ0n) is 11.7. The van der Waals surface area contributed by atoms with Crippen LogP contribution in [0.3, 0.4) is 0 Å². The lowest BCUT2D eigenvalue weighted by molar-refractivity contribution is 0.260. The fourth-order valence-corrected chi connectivity index (χ4v) is 4.45. The third-order valence-electron chi connectivity index (χ3n) is 3.66. The molecule has 21 heavy (non-hydrogen) atoms. The summed E-state index contributed by atoms with van der Waals surface area (Å²) in [6, 6.07) is 10.7. The van der Waals surface area contributed by atoms with Crippen LogP contribution in [0.5, 0.6) is 0 Å². The molecule has 0 radical (unpaired) electrons. The molecule has 0 unspecified atom stereocenters. The van der Waals surface area contributed by atoms with Crippen LogP contribution in [0.1, 0.15) is 10.4 Å². The molecule has 6 heteroatoms. The Bertz CT molecular complexity index is 695. The zero-order chi connectivity index (χ0) is 14.7. The van der Waals surface area contributed by atoms with Crippen molar-refractivity contribution in [3.63, 3.8) is 0 Å². The maximum absolute atomic E-state index is 12.1. The topological polar surface area (TPSA) is 49.4 Å². The predicted molar refractivity (Wildman–Crippen MR) is 84.9 cm³/mol. The quantitative estimate of drug-likeness (QED) is 0.917. The molecule has 1 N–H and O–H groups in total. The van der Waals surface area contributed by atoms with Crippen LogP contribution in [0.4, 0.5) is 0 Å². The Kier molecular flexibility index (Phi) is 4.40. The van der Waals surface area contributed by atoms with Gasteiger partial charge in [-0.2, -0.15) is 0 Å². The van der Waals surface area contributed by atoms with E-state index in [0.717, 1.165) is 26.1 Å². The Morgan fingerprint density at radius 3 is 2.81 bits per heavy atom. The second-order valence-electron chi connectivity index (χ2n) is 5.11. The molecule has 1 aromatic heterocycles. The highest BCUT2D eigenvalue weighted by molar-refractivity contribution is 7.89. The number of sulfonamides is 1. The lowest BCUT2D eigenvalue weighted by Gasteiger charge is -2.26. The smallest absolute Gasteiger partial charge is 0.240 e. The number of thiophene rings is 1. The molecule has 2 aromatic rings. The van der Waals surface area contributed by atoms with Crippen LogP contribution < -0.4 is 4.72 Å². The first-order chi connectivity index (χ1) is 10.1. The molecular weight excluding hydrogens is 304 g/mol. The second kappa shape index (κ2) is 6.27. The van der Waals surface area contributed by atoms with Crippen molar-refractivity contribution in [2.45, 2.75) is 17.9 Å². The first kappa shape index (κ1) is 14.7. The van der Waals surface area contributed by atoms with Crippen LogP contribution in [0, 0.1) is 0 Å². The minimum Gasteiger partial charge on any atom is -0.297 e. The Hall–Kier alpha value is -1.21. The van der Waals surface area contributed by atoms with Crippen molar-refractivity contribution in [2.24, 2.45) is 0 Å².